The Morgan fingerprint density at radius 2 is 1.70 bits per heavy atom. The number of aryl methyl sites for hydroxylation is 1. The number of halogens is 1. The van der Waals surface area contributed by atoms with E-state index in [0.29, 0.717) is 6.54 Å². The highest BCUT2D eigenvalue weighted by molar-refractivity contribution is 9.10. The molecule has 138 valence electrons. The van der Waals surface area contributed by atoms with Crippen molar-refractivity contribution in [2.45, 2.75) is 26.4 Å². The Balaban J connectivity index is 1.86. The minimum atomic E-state index is -0.120. The van der Waals surface area contributed by atoms with Gasteiger partial charge >= 0.3 is 6.03 Å². The quantitative estimate of drug-likeness (QED) is 0.496. The van der Waals surface area contributed by atoms with E-state index < -0.39 is 0 Å². The molecule has 0 aliphatic rings. The molecular weight excluding hydrogens is 400 g/mol. The topological polar surface area (TPSA) is 32.3 Å². The van der Waals surface area contributed by atoms with Crippen molar-refractivity contribution in [2.75, 3.05) is 5.32 Å². The number of amides is 2. The van der Waals surface area contributed by atoms with Crippen molar-refractivity contribution in [3.8, 4) is 0 Å². The van der Waals surface area contributed by atoms with E-state index in [-0.39, 0.29) is 12.1 Å². The Labute approximate surface area is 169 Å². The zero-order valence-electron chi connectivity index (χ0n) is 15.5. The third-order valence-electron chi connectivity index (χ3n) is 4.56. The van der Waals surface area contributed by atoms with Gasteiger partial charge in [-0.1, -0.05) is 82.2 Å². The molecule has 27 heavy (non-hydrogen) atoms. The molecule has 1 atom stereocenters. The van der Waals surface area contributed by atoms with Crippen LogP contribution in [0.2, 0.25) is 0 Å². The average molecular weight is 423 g/mol. The van der Waals surface area contributed by atoms with Gasteiger partial charge in [-0.2, -0.15) is 0 Å². The number of hydrogen-bond acceptors (Lipinski definition) is 1. The van der Waals surface area contributed by atoms with Crippen LogP contribution in [0.25, 0.3) is 0 Å². The van der Waals surface area contributed by atoms with E-state index in [1.54, 1.807) is 0 Å². The van der Waals surface area contributed by atoms with Crippen LogP contribution in [-0.2, 0) is 6.54 Å². The maximum Gasteiger partial charge on any atom is 0.322 e. The molecule has 0 heterocycles. The molecule has 0 aliphatic carbocycles. The van der Waals surface area contributed by atoms with Gasteiger partial charge in [-0.05, 0) is 43.2 Å². The summed E-state index contributed by atoms with van der Waals surface area (Å²) in [4.78, 5) is 15.0. The highest BCUT2D eigenvalue weighted by atomic mass is 79.9. The van der Waals surface area contributed by atoms with Crippen LogP contribution in [0.15, 0.2) is 83.3 Å². The van der Waals surface area contributed by atoms with E-state index in [2.05, 4.69) is 71.5 Å². The van der Waals surface area contributed by atoms with Crippen molar-refractivity contribution < 1.29 is 4.79 Å². The fourth-order valence-electron chi connectivity index (χ4n) is 2.95. The Bertz CT molecular complexity index is 894. The third kappa shape index (κ3) is 5.20. The highest BCUT2D eigenvalue weighted by Crippen LogP contribution is 2.24. The Morgan fingerprint density at radius 3 is 2.37 bits per heavy atom. The predicted molar refractivity (Wildman–Crippen MR) is 115 cm³/mol. The summed E-state index contributed by atoms with van der Waals surface area (Å²) >= 11 is 3.45. The van der Waals surface area contributed by atoms with Crippen LogP contribution < -0.4 is 5.32 Å². The first kappa shape index (κ1) is 19.2. The van der Waals surface area contributed by atoms with Gasteiger partial charge in [0.15, 0.2) is 0 Å². The molecule has 0 bridgehead atoms. The number of carbonyl (C=O) groups is 1. The lowest BCUT2D eigenvalue weighted by Gasteiger charge is -2.30. The van der Waals surface area contributed by atoms with E-state index in [4.69, 9.17) is 0 Å². The monoisotopic (exact) mass is 422 g/mol. The van der Waals surface area contributed by atoms with Crippen molar-refractivity contribution >= 4 is 27.6 Å². The summed E-state index contributed by atoms with van der Waals surface area (Å²) in [6, 6.07) is 25.9. The lowest BCUT2D eigenvalue weighted by Crippen LogP contribution is -2.36. The first-order valence-corrected chi connectivity index (χ1v) is 9.76. The van der Waals surface area contributed by atoms with Crippen molar-refractivity contribution in [2.24, 2.45) is 0 Å². The molecule has 3 rings (SSSR count). The van der Waals surface area contributed by atoms with Gasteiger partial charge in [-0.25, -0.2) is 4.79 Å². The number of hydrogen-bond donors (Lipinski definition) is 1. The predicted octanol–water partition coefficient (Wildman–Crippen LogP) is 6.55. The minimum absolute atomic E-state index is 0.0559. The summed E-state index contributed by atoms with van der Waals surface area (Å²) in [6.45, 7) is 4.66. The lowest BCUT2D eigenvalue weighted by atomic mass is 10.1. The van der Waals surface area contributed by atoms with Crippen LogP contribution >= 0.6 is 15.9 Å². The van der Waals surface area contributed by atoms with Gasteiger partial charge < -0.3 is 10.2 Å². The molecule has 3 aromatic carbocycles. The standard InChI is InChI=1S/C23H23BrN2O/c1-17-11-13-19(14-12-17)16-26(18(2)20-7-4-3-5-8-20)23(27)25-22-10-6-9-21(24)15-22/h3-15,18H,16H2,1-2H3,(H,25,27). The number of nitrogens with zero attached hydrogens (tertiary/aromatic N) is 1. The number of anilines is 1. The second kappa shape index (κ2) is 8.87. The number of urea groups is 1. The van der Waals surface area contributed by atoms with Crippen LogP contribution in [0.3, 0.4) is 0 Å². The highest BCUT2D eigenvalue weighted by Gasteiger charge is 2.22. The van der Waals surface area contributed by atoms with Crippen molar-refractivity contribution in [3.63, 3.8) is 0 Å². The summed E-state index contributed by atoms with van der Waals surface area (Å²) in [6.07, 6.45) is 0. The molecule has 0 radical (unpaired) electrons. The van der Waals surface area contributed by atoms with Gasteiger partial charge in [0.05, 0.1) is 6.04 Å². The Morgan fingerprint density at radius 1 is 1.00 bits per heavy atom. The maximum absolute atomic E-state index is 13.1. The molecule has 1 N–H and O–H groups in total. The van der Waals surface area contributed by atoms with Gasteiger partial charge in [0.25, 0.3) is 0 Å². The molecule has 2 amide bonds. The molecule has 0 saturated carbocycles. The smallest absolute Gasteiger partial charge is 0.313 e. The summed E-state index contributed by atoms with van der Waals surface area (Å²) in [5, 5.41) is 3.02. The van der Waals surface area contributed by atoms with Gasteiger partial charge in [0.2, 0.25) is 0 Å². The van der Waals surface area contributed by atoms with Crippen molar-refractivity contribution in [1.82, 2.24) is 4.90 Å². The minimum Gasteiger partial charge on any atom is -0.313 e. The van der Waals surface area contributed by atoms with Gasteiger partial charge in [-0.15, -0.1) is 0 Å². The van der Waals surface area contributed by atoms with Crippen LogP contribution in [0.5, 0.6) is 0 Å². The molecule has 0 aromatic heterocycles. The SMILES string of the molecule is Cc1ccc(CN(C(=O)Nc2cccc(Br)c2)C(C)c2ccccc2)cc1. The molecular formula is C23H23BrN2O. The fourth-order valence-corrected chi connectivity index (χ4v) is 3.35. The van der Waals surface area contributed by atoms with Crippen molar-refractivity contribution in [3.05, 3.63) is 100 Å². The van der Waals surface area contributed by atoms with Gasteiger partial charge in [-0.3, -0.25) is 0 Å². The maximum atomic E-state index is 13.1. The van der Waals surface area contributed by atoms with Crippen LogP contribution in [0, 0.1) is 6.92 Å². The average Bonchev–Trinajstić information content (AvgIpc) is 2.67. The van der Waals surface area contributed by atoms with E-state index in [0.717, 1.165) is 21.3 Å². The van der Waals surface area contributed by atoms with Crippen LogP contribution in [0.4, 0.5) is 10.5 Å². The first-order valence-electron chi connectivity index (χ1n) is 8.96. The molecule has 3 nitrogen and oxygen atoms in total. The van der Waals surface area contributed by atoms with E-state index in [1.165, 1.54) is 5.56 Å². The van der Waals surface area contributed by atoms with Gasteiger partial charge in [0, 0.05) is 16.7 Å². The molecule has 4 heteroatoms. The van der Waals surface area contributed by atoms with Crippen LogP contribution in [-0.4, -0.2) is 10.9 Å². The number of nitrogens with one attached hydrogen (secondary N) is 1. The van der Waals surface area contributed by atoms with E-state index in [9.17, 15) is 4.79 Å². The first-order chi connectivity index (χ1) is 13.0. The summed E-state index contributed by atoms with van der Waals surface area (Å²) in [5.41, 5.74) is 4.19. The summed E-state index contributed by atoms with van der Waals surface area (Å²) in [5.74, 6) is 0. The Hall–Kier alpha value is -2.59. The largest absolute Gasteiger partial charge is 0.322 e. The molecule has 1 unspecified atom stereocenters. The molecule has 3 aromatic rings. The van der Waals surface area contributed by atoms with Gasteiger partial charge in [0.1, 0.15) is 0 Å². The van der Waals surface area contributed by atoms with Crippen LogP contribution in [0.1, 0.15) is 29.7 Å². The second-order valence-corrected chi connectivity index (χ2v) is 7.56. The zero-order valence-corrected chi connectivity index (χ0v) is 17.1. The number of rotatable bonds is 5. The summed E-state index contributed by atoms with van der Waals surface area (Å²) < 4.78 is 0.932. The fraction of sp³-hybridized carbons (Fsp3) is 0.174. The second-order valence-electron chi connectivity index (χ2n) is 6.64. The number of carbonyl (C=O) groups excluding carboxylic acids is 1. The third-order valence-corrected chi connectivity index (χ3v) is 5.05. The lowest BCUT2D eigenvalue weighted by molar-refractivity contribution is 0.189. The van der Waals surface area contributed by atoms with E-state index >= 15 is 0 Å². The molecule has 0 fully saturated rings. The normalized spacial score (nSPS) is 11.7. The van der Waals surface area contributed by atoms with Crippen molar-refractivity contribution in [1.29, 1.82) is 0 Å². The molecule has 0 saturated heterocycles. The van der Waals surface area contributed by atoms with E-state index in [1.807, 2.05) is 47.4 Å². The molecule has 0 aliphatic heterocycles. The molecule has 0 spiro atoms. The summed E-state index contributed by atoms with van der Waals surface area (Å²) in [7, 11) is 0. The number of benzene rings is 3. The Kier molecular flexibility index (Phi) is 6.30. The zero-order chi connectivity index (χ0) is 19.2.